The molecule has 184 valence electrons. The van der Waals surface area contributed by atoms with Gasteiger partial charge in [0.2, 0.25) is 0 Å². The summed E-state index contributed by atoms with van der Waals surface area (Å²) < 4.78 is 43.5. The van der Waals surface area contributed by atoms with E-state index in [9.17, 15) is 5.48 Å². The largest absolute Gasteiger partial charge is 0.484 e. The molecule has 2 unspecified atom stereocenters. The van der Waals surface area contributed by atoms with Crippen LogP contribution in [0.2, 0.25) is 0 Å². The highest BCUT2D eigenvalue weighted by atomic mass is 16.5. The number of fused-ring (bicyclic) bond motifs is 5. The van der Waals surface area contributed by atoms with Crippen molar-refractivity contribution in [2.24, 2.45) is 0 Å². The highest BCUT2D eigenvalue weighted by molar-refractivity contribution is 6.21. The lowest BCUT2D eigenvalue weighted by Gasteiger charge is -2.18. The van der Waals surface area contributed by atoms with Gasteiger partial charge in [-0.05, 0) is 55.4 Å². The predicted octanol–water partition coefficient (Wildman–Crippen LogP) is 9.96. The molecule has 0 fully saturated rings. The zero-order valence-electron chi connectivity index (χ0n) is 25.1. The third kappa shape index (κ3) is 3.47. The SMILES string of the molecule is [2H]c1c([2H])c(-c2c3ccccc3c(-c3ccccc3)c3ccccc23)c([2H])c([2H])c1-c1cccc2c1OC1C=CC=CC21. The van der Waals surface area contributed by atoms with Crippen LogP contribution in [0.3, 0.4) is 0 Å². The Kier molecular flexibility index (Phi) is 4.17. The van der Waals surface area contributed by atoms with Gasteiger partial charge in [0.15, 0.2) is 0 Å². The van der Waals surface area contributed by atoms with Crippen molar-refractivity contribution < 1.29 is 10.2 Å². The van der Waals surface area contributed by atoms with Crippen LogP contribution < -0.4 is 4.74 Å². The first-order chi connectivity index (χ1) is 21.0. The molecule has 1 nitrogen and oxygen atoms in total. The summed E-state index contributed by atoms with van der Waals surface area (Å²) in [5.74, 6) is 0.694. The lowest BCUT2D eigenvalue weighted by molar-refractivity contribution is 0.270. The van der Waals surface area contributed by atoms with E-state index in [0.29, 0.717) is 22.4 Å². The molecule has 0 aromatic heterocycles. The van der Waals surface area contributed by atoms with Gasteiger partial charge in [0, 0.05) is 17.0 Å². The Labute approximate surface area is 233 Å². The molecular weight excluding hydrogens is 472 g/mol. The Morgan fingerprint density at radius 1 is 0.513 bits per heavy atom. The van der Waals surface area contributed by atoms with E-state index in [1.165, 1.54) is 0 Å². The third-order valence-electron chi connectivity index (χ3n) is 7.88. The van der Waals surface area contributed by atoms with Crippen LogP contribution in [0.15, 0.2) is 146 Å². The Morgan fingerprint density at radius 2 is 1.08 bits per heavy atom. The van der Waals surface area contributed by atoms with Crippen LogP contribution in [0.4, 0.5) is 0 Å². The fourth-order valence-corrected chi connectivity index (χ4v) is 6.15. The summed E-state index contributed by atoms with van der Waals surface area (Å²) in [5, 5.41) is 3.78. The van der Waals surface area contributed by atoms with E-state index in [-0.39, 0.29) is 41.8 Å². The number of hydrogen-bond donors (Lipinski definition) is 0. The number of benzene rings is 6. The van der Waals surface area contributed by atoms with Gasteiger partial charge in [-0.1, -0.05) is 139 Å². The smallest absolute Gasteiger partial charge is 0.132 e. The van der Waals surface area contributed by atoms with Gasteiger partial charge in [-0.25, -0.2) is 0 Å². The van der Waals surface area contributed by atoms with E-state index < -0.39 is 0 Å². The van der Waals surface area contributed by atoms with E-state index in [4.69, 9.17) is 4.74 Å². The first-order valence-corrected chi connectivity index (χ1v) is 13.3. The minimum absolute atomic E-state index is 0.0634. The highest BCUT2D eigenvalue weighted by Crippen LogP contribution is 2.47. The lowest BCUT2D eigenvalue weighted by atomic mass is 9.85. The van der Waals surface area contributed by atoms with Crippen molar-refractivity contribution >= 4 is 21.5 Å². The van der Waals surface area contributed by atoms with Gasteiger partial charge in [-0.2, -0.15) is 0 Å². The van der Waals surface area contributed by atoms with Crippen molar-refractivity contribution in [2.75, 3.05) is 0 Å². The standard InChI is InChI=1S/C38H26O/c1-2-11-26(12-3-1)36-30-14-4-6-16-32(30)37(33-17-7-5-15-31(33)36)27-23-21-25(22-24-27)28-18-10-19-34-29-13-8-9-20-35(29)39-38(28)34/h1-24,29,35H/i21D,22D,23D,24D. The molecule has 6 aromatic carbocycles. The number of rotatable bonds is 3. The Bertz CT molecular complexity index is 2080. The highest BCUT2D eigenvalue weighted by Gasteiger charge is 2.33. The van der Waals surface area contributed by atoms with Crippen LogP contribution in [0, 0.1) is 0 Å². The van der Waals surface area contributed by atoms with Gasteiger partial charge in [-0.3, -0.25) is 0 Å². The monoisotopic (exact) mass is 502 g/mol. The van der Waals surface area contributed by atoms with Crippen molar-refractivity contribution in [3.05, 3.63) is 151 Å². The minimum atomic E-state index is -0.143. The second-order valence-electron chi connectivity index (χ2n) is 10.1. The van der Waals surface area contributed by atoms with Crippen LogP contribution in [-0.2, 0) is 0 Å². The maximum Gasteiger partial charge on any atom is 0.132 e. The van der Waals surface area contributed by atoms with E-state index in [2.05, 4.69) is 30.3 Å². The van der Waals surface area contributed by atoms with Crippen molar-refractivity contribution in [1.29, 1.82) is 0 Å². The summed E-state index contributed by atoms with van der Waals surface area (Å²) >= 11 is 0. The van der Waals surface area contributed by atoms with Crippen molar-refractivity contribution in [3.8, 4) is 39.1 Å². The first kappa shape index (κ1) is 18.4. The summed E-state index contributed by atoms with van der Waals surface area (Å²) in [6, 6.07) is 31.9. The van der Waals surface area contributed by atoms with E-state index in [0.717, 1.165) is 38.2 Å². The van der Waals surface area contributed by atoms with Crippen molar-refractivity contribution in [3.63, 3.8) is 0 Å². The van der Waals surface area contributed by atoms with Gasteiger partial charge in [0.1, 0.15) is 11.9 Å². The number of para-hydroxylation sites is 1. The minimum Gasteiger partial charge on any atom is -0.484 e. The summed E-state index contributed by atoms with van der Waals surface area (Å²) in [5.41, 5.74) is 5.04. The average molecular weight is 503 g/mol. The maximum absolute atomic E-state index is 9.33. The number of ether oxygens (including phenoxy) is 1. The van der Waals surface area contributed by atoms with Gasteiger partial charge >= 0.3 is 0 Å². The second-order valence-corrected chi connectivity index (χ2v) is 10.1. The molecule has 0 radical (unpaired) electrons. The van der Waals surface area contributed by atoms with Crippen molar-refractivity contribution in [2.45, 2.75) is 12.0 Å². The summed E-state index contributed by atoms with van der Waals surface area (Å²) in [7, 11) is 0. The zero-order valence-corrected chi connectivity index (χ0v) is 21.1. The molecule has 0 bridgehead atoms. The van der Waals surface area contributed by atoms with Gasteiger partial charge in [0.25, 0.3) is 0 Å². The van der Waals surface area contributed by atoms with Crippen LogP contribution in [0.25, 0.3) is 54.9 Å². The molecule has 8 rings (SSSR count). The van der Waals surface area contributed by atoms with Crippen LogP contribution >= 0.6 is 0 Å². The third-order valence-corrected chi connectivity index (χ3v) is 7.88. The molecule has 0 N–H and O–H groups in total. The molecule has 39 heavy (non-hydrogen) atoms. The lowest BCUT2D eigenvalue weighted by Crippen LogP contribution is -2.15. The van der Waals surface area contributed by atoms with E-state index >= 15 is 0 Å². The summed E-state index contributed by atoms with van der Waals surface area (Å²) in [6.07, 6.45) is 7.95. The Balaban J connectivity index is 1.42. The molecule has 0 spiro atoms. The van der Waals surface area contributed by atoms with Gasteiger partial charge in [-0.15, -0.1) is 0 Å². The average Bonchev–Trinajstić information content (AvgIpc) is 3.44. The molecule has 1 aliphatic heterocycles. The molecule has 2 aliphatic rings. The van der Waals surface area contributed by atoms with Crippen LogP contribution in [0.5, 0.6) is 5.75 Å². The quantitative estimate of drug-likeness (QED) is 0.219. The molecule has 0 amide bonds. The van der Waals surface area contributed by atoms with Crippen molar-refractivity contribution in [1.82, 2.24) is 0 Å². The summed E-state index contributed by atoms with van der Waals surface area (Å²) in [4.78, 5) is 0. The Morgan fingerprint density at radius 3 is 1.74 bits per heavy atom. The fraction of sp³-hybridized carbons (Fsp3) is 0.0526. The van der Waals surface area contributed by atoms with E-state index in [1.807, 2.05) is 91.0 Å². The van der Waals surface area contributed by atoms with Crippen LogP contribution in [0.1, 0.15) is 17.0 Å². The molecule has 1 aliphatic carbocycles. The van der Waals surface area contributed by atoms with E-state index in [1.54, 1.807) is 0 Å². The molecule has 1 heterocycles. The molecule has 2 atom stereocenters. The molecular formula is C38H26O. The number of hydrogen-bond acceptors (Lipinski definition) is 1. The predicted molar refractivity (Wildman–Crippen MR) is 163 cm³/mol. The molecule has 6 aromatic rings. The Hall–Kier alpha value is -4.88. The fourth-order valence-electron chi connectivity index (χ4n) is 6.15. The normalized spacial score (nSPS) is 18.7. The maximum atomic E-state index is 9.33. The molecule has 0 saturated heterocycles. The van der Waals surface area contributed by atoms with Gasteiger partial charge < -0.3 is 4.74 Å². The second kappa shape index (κ2) is 8.85. The molecule has 1 heteroatoms. The van der Waals surface area contributed by atoms with Crippen LogP contribution in [-0.4, -0.2) is 6.10 Å². The van der Waals surface area contributed by atoms with Gasteiger partial charge in [0.05, 0.1) is 5.48 Å². The topological polar surface area (TPSA) is 9.23 Å². The zero-order chi connectivity index (χ0) is 29.2. The summed E-state index contributed by atoms with van der Waals surface area (Å²) in [6.45, 7) is 0. The first-order valence-electron chi connectivity index (χ1n) is 15.3. The number of allylic oxidation sites excluding steroid dienone is 2. The molecule has 0 saturated carbocycles.